The zero-order valence-electron chi connectivity index (χ0n) is 13.7. The summed E-state index contributed by atoms with van der Waals surface area (Å²) in [6.45, 7) is 3.00. The Morgan fingerprint density at radius 2 is 2.16 bits per heavy atom. The molecule has 3 N–H and O–H groups in total. The molecular weight excluding hydrogens is 322 g/mol. The first-order valence-electron chi connectivity index (χ1n) is 7.86. The number of fused-ring (bicyclic) bond motifs is 3. The summed E-state index contributed by atoms with van der Waals surface area (Å²) >= 11 is 0. The number of nitrogen functional groups attached to an aromatic ring is 1. The maximum absolute atomic E-state index is 12.3. The molecule has 0 unspecified atom stereocenters. The van der Waals surface area contributed by atoms with E-state index < -0.39 is 0 Å². The van der Waals surface area contributed by atoms with E-state index in [1.807, 2.05) is 37.3 Å². The summed E-state index contributed by atoms with van der Waals surface area (Å²) in [4.78, 5) is 23.5. The second kappa shape index (κ2) is 5.97. The molecule has 25 heavy (non-hydrogen) atoms. The Bertz CT molecular complexity index is 1030. The average molecular weight is 339 g/mol. The van der Waals surface area contributed by atoms with Crippen molar-refractivity contribution in [2.45, 2.75) is 13.5 Å². The monoisotopic (exact) mass is 339 g/mol. The fraction of sp³-hybridized carbons (Fsp3) is 0.235. The van der Waals surface area contributed by atoms with Crippen LogP contribution in [0.2, 0.25) is 0 Å². The minimum absolute atomic E-state index is 0.136. The summed E-state index contributed by atoms with van der Waals surface area (Å²) in [7, 11) is 0. The van der Waals surface area contributed by atoms with Crippen molar-refractivity contribution >= 4 is 17.0 Å². The fourth-order valence-electron chi connectivity index (χ4n) is 2.68. The zero-order chi connectivity index (χ0) is 17.4. The number of rotatable bonds is 0. The molecule has 0 fully saturated rings. The summed E-state index contributed by atoms with van der Waals surface area (Å²) < 4.78 is 12.9. The highest BCUT2D eigenvalue weighted by Gasteiger charge is 2.15. The first-order chi connectivity index (χ1) is 12.1. The molecule has 0 atom stereocenters. The van der Waals surface area contributed by atoms with Crippen LogP contribution in [0.3, 0.4) is 0 Å². The van der Waals surface area contributed by atoms with Crippen LogP contribution in [-0.4, -0.2) is 32.7 Å². The second-order valence-corrected chi connectivity index (χ2v) is 5.90. The Balaban J connectivity index is 1.90. The predicted molar refractivity (Wildman–Crippen MR) is 92.9 cm³/mol. The van der Waals surface area contributed by atoms with Gasteiger partial charge >= 0.3 is 11.7 Å². The van der Waals surface area contributed by atoms with E-state index in [1.54, 1.807) is 0 Å². The van der Waals surface area contributed by atoms with Gasteiger partial charge in [-0.15, -0.1) is 0 Å². The quantitative estimate of drug-likeness (QED) is 0.601. The number of imidazole rings is 1. The number of ether oxygens (including phenoxy) is 2. The summed E-state index contributed by atoms with van der Waals surface area (Å²) in [5, 5.41) is 0. The van der Waals surface area contributed by atoms with Gasteiger partial charge in [-0.25, -0.2) is 4.79 Å². The van der Waals surface area contributed by atoms with Crippen LogP contribution in [0.15, 0.2) is 40.7 Å². The Morgan fingerprint density at radius 3 is 3.04 bits per heavy atom. The number of benzene rings is 1. The molecule has 0 amide bonds. The molecule has 0 spiro atoms. The summed E-state index contributed by atoms with van der Waals surface area (Å²) in [6.07, 6.45) is 1.94. The fourth-order valence-corrected chi connectivity index (χ4v) is 2.68. The number of hydrogen-bond acceptors (Lipinski definition) is 6. The second-order valence-electron chi connectivity index (χ2n) is 5.90. The predicted octanol–water partition coefficient (Wildman–Crippen LogP) is 1.47. The smallest absolute Gasteiger partial charge is 0.328 e. The van der Waals surface area contributed by atoms with E-state index in [0.29, 0.717) is 30.9 Å². The van der Waals surface area contributed by atoms with Crippen molar-refractivity contribution in [3.63, 3.8) is 0 Å². The summed E-state index contributed by atoms with van der Waals surface area (Å²) in [6, 6.07) is 7.74. The van der Waals surface area contributed by atoms with Crippen LogP contribution in [-0.2, 0) is 6.54 Å². The number of nitrogens with one attached hydrogen (secondary N) is 1. The van der Waals surface area contributed by atoms with E-state index >= 15 is 0 Å². The maximum Gasteiger partial charge on any atom is 0.328 e. The lowest BCUT2D eigenvalue weighted by Crippen LogP contribution is -2.18. The minimum Gasteiger partial charge on any atom is -0.490 e. The van der Waals surface area contributed by atoms with Gasteiger partial charge < -0.3 is 20.2 Å². The van der Waals surface area contributed by atoms with Gasteiger partial charge in [0.25, 0.3) is 0 Å². The van der Waals surface area contributed by atoms with E-state index in [9.17, 15) is 4.79 Å². The van der Waals surface area contributed by atoms with Gasteiger partial charge in [-0.3, -0.25) is 4.57 Å². The lowest BCUT2D eigenvalue weighted by atomic mass is 10.2. The molecule has 8 nitrogen and oxygen atoms in total. The van der Waals surface area contributed by atoms with Crippen molar-refractivity contribution in [1.29, 1.82) is 0 Å². The number of nitrogens with two attached hydrogens (primary N) is 1. The molecule has 0 saturated carbocycles. The van der Waals surface area contributed by atoms with Gasteiger partial charge in [-0.05, 0) is 36.3 Å². The molecule has 3 aromatic rings. The van der Waals surface area contributed by atoms with Crippen LogP contribution in [0.1, 0.15) is 12.5 Å². The highest BCUT2D eigenvalue weighted by molar-refractivity contribution is 5.81. The molecule has 1 aliphatic rings. The van der Waals surface area contributed by atoms with E-state index in [4.69, 9.17) is 15.2 Å². The van der Waals surface area contributed by atoms with Crippen LogP contribution in [0.4, 0.5) is 5.82 Å². The average Bonchev–Trinajstić information content (AvgIpc) is 2.90. The van der Waals surface area contributed by atoms with Gasteiger partial charge in [0.15, 0.2) is 11.5 Å². The molecule has 0 saturated heterocycles. The third-order valence-electron chi connectivity index (χ3n) is 3.98. The normalized spacial score (nSPS) is 16.6. The molecular formula is C17H17N5O3. The third kappa shape index (κ3) is 2.93. The highest BCUT2D eigenvalue weighted by Crippen LogP contribution is 2.20. The topological polar surface area (TPSA) is 108 Å². The largest absolute Gasteiger partial charge is 0.490 e. The Morgan fingerprint density at radius 1 is 1.28 bits per heavy atom. The van der Waals surface area contributed by atoms with Crippen molar-refractivity contribution in [3.8, 4) is 11.8 Å². The number of nitrogens with zero attached hydrogens (tertiary/aromatic N) is 3. The van der Waals surface area contributed by atoms with E-state index in [1.165, 1.54) is 4.57 Å². The van der Waals surface area contributed by atoms with E-state index in [2.05, 4.69) is 15.0 Å². The van der Waals surface area contributed by atoms with Crippen LogP contribution >= 0.6 is 0 Å². The zero-order valence-corrected chi connectivity index (χ0v) is 13.7. The van der Waals surface area contributed by atoms with Gasteiger partial charge in [0.1, 0.15) is 24.5 Å². The van der Waals surface area contributed by atoms with Gasteiger partial charge in [0.2, 0.25) is 0 Å². The minimum atomic E-state index is -0.303. The van der Waals surface area contributed by atoms with Gasteiger partial charge in [-0.1, -0.05) is 12.1 Å². The Hall–Kier alpha value is -3.29. The molecule has 8 heteroatoms. The number of aromatic nitrogens is 4. The first-order valence-corrected chi connectivity index (χ1v) is 7.86. The lowest BCUT2D eigenvalue weighted by Gasteiger charge is -2.10. The molecule has 2 aromatic heterocycles. The highest BCUT2D eigenvalue weighted by atomic mass is 16.5. The molecule has 3 heterocycles. The summed E-state index contributed by atoms with van der Waals surface area (Å²) in [5.41, 5.74) is 8.36. The number of anilines is 1. The van der Waals surface area contributed by atoms with Crippen molar-refractivity contribution in [2.75, 3.05) is 18.9 Å². The van der Waals surface area contributed by atoms with Crippen LogP contribution < -0.4 is 20.9 Å². The number of H-pyrrole nitrogens is 1. The van der Waals surface area contributed by atoms with E-state index in [0.717, 1.165) is 16.9 Å². The van der Waals surface area contributed by atoms with Crippen molar-refractivity contribution in [3.05, 3.63) is 52.0 Å². The van der Waals surface area contributed by atoms with Crippen LogP contribution in [0, 0.1) is 0 Å². The van der Waals surface area contributed by atoms with Crippen molar-refractivity contribution < 1.29 is 9.47 Å². The van der Waals surface area contributed by atoms with Gasteiger partial charge in [-0.2, -0.15) is 9.97 Å². The first kappa shape index (κ1) is 15.3. The van der Waals surface area contributed by atoms with Gasteiger partial charge in [0.05, 0.1) is 6.54 Å². The lowest BCUT2D eigenvalue weighted by molar-refractivity contribution is 0.320. The van der Waals surface area contributed by atoms with Crippen molar-refractivity contribution in [2.24, 2.45) is 0 Å². The Labute approximate surface area is 142 Å². The Kier molecular flexibility index (Phi) is 3.64. The number of aromatic amines is 1. The molecule has 4 bridgehead atoms. The molecule has 1 aromatic carbocycles. The molecule has 128 valence electrons. The molecule has 0 aliphatic carbocycles. The molecule has 0 radical (unpaired) electrons. The van der Waals surface area contributed by atoms with Gasteiger partial charge in [0, 0.05) is 0 Å². The molecule has 1 aliphatic heterocycles. The van der Waals surface area contributed by atoms with E-state index in [-0.39, 0.29) is 17.5 Å². The SMILES string of the molecule is C/C1=C/COc2cccc(c2)Cn2c(=O)[nH]c3c(N)nc(nc32)OC1. The standard InChI is InChI=1S/C17H17N5O3/c1-10-5-6-24-12-4-2-3-11(7-12)8-22-15-13(19-17(22)23)14(18)20-16(21-15)25-9-10/h2-5,7H,6,8-9H2,1H3,(H,19,23)(H2,18,20,21)/b10-5-. The van der Waals surface area contributed by atoms with Crippen LogP contribution in [0.5, 0.6) is 11.8 Å². The number of hydrogen-bond donors (Lipinski definition) is 2. The maximum atomic E-state index is 12.3. The summed E-state index contributed by atoms with van der Waals surface area (Å²) in [5.74, 6) is 0.920. The van der Waals surface area contributed by atoms with Crippen LogP contribution in [0.25, 0.3) is 11.2 Å². The van der Waals surface area contributed by atoms with Crippen molar-refractivity contribution in [1.82, 2.24) is 19.5 Å². The molecule has 4 rings (SSSR count). The third-order valence-corrected chi connectivity index (χ3v) is 3.98.